The second kappa shape index (κ2) is 6.76. The van der Waals surface area contributed by atoms with E-state index in [-0.39, 0.29) is 10.5 Å². The van der Waals surface area contributed by atoms with Gasteiger partial charge in [0.1, 0.15) is 0 Å². The molecule has 1 aromatic carbocycles. The third-order valence-corrected chi connectivity index (χ3v) is 6.06. The molecule has 0 aromatic heterocycles. The molecule has 1 saturated heterocycles. The first-order valence-corrected chi connectivity index (χ1v) is 8.68. The van der Waals surface area contributed by atoms with Gasteiger partial charge in [-0.3, -0.25) is 0 Å². The average Bonchev–Trinajstić information content (AvgIpc) is 2.96. The number of hydrogen-bond acceptors (Lipinski definition) is 5. The van der Waals surface area contributed by atoms with Crippen LogP contribution in [-0.4, -0.2) is 52.5 Å². The van der Waals surface area contributed by atoms with E-state index in [2.05, 4.69) is 5.32 Å². The van der Waals surface area contributed by atoms with Gasteiger partial charge in [-0.05, 0) is 50.6 Å². The molecule has 6 nitrogen and oxygen atoms in total. The number of hydrogen-bond donors (Lipinski definition) is 1. The Labute approximate surface area is 131 Å². The Bertz CT molecular complexity index is 658. The van der Waals surface area contributed by atoms with Crippen LogP contribution >= 0.6 is 0 Å². The summed E-state index contributed by atoms with van der Waals surface area (Å²) in [5.74, 6) is -0.201. The number of benzene rings is 1. The highest BCUT2D eigenvalue weighted by atomic mass is 32.2. The van der Waals surface area contributed by atoms with Crippen LogP contribution in [0, 0.1) is 12.8 Å². The number of carbonyl (C=O) groups excluding carboxylic acids is 1. The van der Waals surface area contributed by atoms with Crippen LogP contribution in [0.25, 0.3) is 0 Å². The van der Waals surface area contributed by atoms with Gasteiger partial charge in [-0.25, -0.2) is 13.2 Å². The first kappa shape index (κ1) is 16.9. The predicted molar refractivity (Wildman–Crippen MR) is 83.3 cm³/mol. The zero-order chi connectivity index (χ0) is 16.3. The molecule has 1 atom stereocenters. The summed E-state index contributed by atoms with van der Waals surface area (Å²) in [4.78, 5) is 11.9. The Morgan fingerprint density at radius 3 is 2.82 bits per heavy atom. The lowest BCUT2D eigenvalue weighted by Gasteiger charge is -2.19. The maximum Gasteiger partial charge on any atom is 0.338 e. The molecular weight excluding hydrogens is 304 g/mol. The van der Waals surface area contributed by atoms with Gasteiger partial charge in [0.25, 0.3) is 0 Å². The first-order valence-electron chi connectivity index (χ1n) is 7.24. The largest absolute Gasteiger partial charge is 0.465 e. The SMILES string of the molecule is CNCC1CCN(S(=O)(=O)c2cccc(C(=O)OC)c2C)C1. The van der Waals surface area contributed by atoms with Gasteiger partial charge in [0.15, 0.2) is 0 Å². The van der Waals surface area contributed by atoms with Crippen LogP contribution in [0.5, 0.6) is 0 Å². The number of rotatable bonds is 5. The van der Waals surface area contributed by atoms with E-state index in [1.807, 2.05) is 7.05 Å². The molecular formula is C15H22N2O4S. The Kier molecular flexibility index (Phi) is 5.20. The Balaban J connectivity index is 2.33. The van der Waals surface area contributed by atoms with Crippen LogP contribution in [0.2, 0.25) is 0 Å². The highest BCUT2D eigenvalue weighted by Gasteiger charge is 2.33. The van der Waals surface area contributed by atoms with Gasteiger partial charge in [-0.15, -0.1) is 0 Å². The number of sulfonamides is 1. The van der Waals surface area contributed by atoms with Gasteiger partial charge in [-0.2, -0.15) is 4.31 Å². The number of ether oxygens (including phenoxy) is 1. The fourth-order valence-corrected chi connectivity index (χ4v) is 4.61. The van der Waals surface area contributed by atoms with Gasteiger partial charge < -0.3 is 10.1 Å². The van der Waals surface area contributed by atoms with E-state index in [1.54, 1.807) is 25.1 Å². The van der Waals surface area contributed by atoms with Crippen molar-refractivity contribution in [2.45, 2.75) is 18.2 Å². The lowest BCUT2D eigenvalue weighted by molar-refractivity contribution is 0.0599. The van der Waals surface area contributed by atoms with E-state index in [4.69, 9.17) is 4.74 Å². The van der Waals surface area contributed by atoms with Crippen molar-refractivity contribution in [3.8, 4) is 0 Å². The molecule has 0 saturated carbocycles. The van der Waals surface area contributed by atoms with Crippen molar-refractivity contribution in [3.05, 3.63) is 29.3 Å². The Morgan fingerprint density at radius 2 is 2.18 bits per heavy atom. The first-order chi connectivity index (χ1) is 10.4. The molecule has 122 valence electrons. The lowest BCUT2D eigenvalue weighted by Crippen LogP contribution is -2.31. The van der Waals surface area contributed by atoms with E-state index >= 15 is 0 Å². The van der Waals surface area contributed by atoms with E-state index in [9.17, 15) is 13.2 Å². The van der Waals surface area contributed by atoms with Gasteiger partial charge in [-0.1, -0.05) is 6.07 Å². The summed E-state index contributed by atoms with van der Waals surface area (Å²) in [6, 6.07) is 4.70. The normalized spacial score (nSPS) is 19.3. The molecule has 1 aliphatic rings. The molecule has 1 fully saturated rings. The standard InChI is InChI=1S/C15H22N2O4S/c1-11-13(15(18)21-3)5-4-6-14(11)22(19,20)17-8-7-12(10-17)9-16-2/h4-6,12,16H,7-10H2,1-3H3. The molecule has 7 heteroatoms. The second-order valence-corrected chi connectivity index (χ2v) is 7.40. The van der Waals surface area contributed by atoms with Crippen molar-refractivity contribution < 1.29 is 17.9 Å². The van der Waals surface area contributed by atoms with Crippen molar-refractivity contribution in [2.75, 3.05) is 33.8 Å². The zero-order valence-corrected chi connectivity index (χ0v) is 13.9. The molecule has 1 heterocycles. The minimum atomic E-state index is -3.59. The molecule has 0 spiro atoms. The number of nitrogens with one attached hydrogen (secondary N) is 1. The third kappa shape index (κ3) is 3.16. The van der Waals surface area contributed by atoms with Gasteiger partial charge >= 0.3 is 5.97 Å². The maximum atomic E-state index is 12.8. The highest BCUT2D eigenvalue weighted by molar-refractivity contribution is 7.89. The van der Waals surface area contributed by atoms with Crippen molar-refractivity contribution in [1.29, 1.82) is 0 Å². The Morgan fingerprint density at radius 1 is 1.45 bits per heavy atom. The number of methoxy groups -OCH3 is 1. The summed E-state index contributed by atoms with van der Waals surface area (Å²) in [6.07, 6.45) is 0.843. The van der Waals surface area contributed by atoms with Crippen LogP contribution in [0.4, 0.5) is 0 Å². The van der Waals surface area contributed by atoms with E-state index in [0.717, 1.165) is 13.0 Å². The third-order valence-electron chi connectivity index (χ3n) is 4.05. The van der Waals surface area contributed by atoms with Crippen LogP contribution < -0.4 is 5.32 Å². The monoisotopic (exact) mass is 326 g/mol. The van der Waals surface area contributed by atoms with Gasteiger partial charge in [0.05, 0.1) is 17.6 Å². The lowest BCUT2D eigenvalue weighted by atomic mass is 10.1. The number of carbonyl (C=O) groups is 1. The van der Waals surface area contributed by atoms with E-state index < -0.39 is 16.0 Å². The molecule has 2 rings (SSSR count). The number of esters is 1. The second-order valence-electron chi connectivity index (χ2n) is 5.50. The van der Waals surface area contributed by atoms with Crippen molar-refractivity contribution >= 4 is 16.0 Å². The predicted octanol–water partition coefficient (Wildman–Crippen LogP) is 1.01. The van der Waals surface area contributed by atoms with Gasteiger partial charge in [0.2, 0.25) is 10.0 Å². The number of nitrogens with zero attached hydrogens (tertiary/aromatic N) is 1. The van der Waals surface area contributed by atoms with Crippen LogP contribution in [0.15, 0.2) is 23.1 Å². The fourth-order valence-electron chi connectivity index (χ4n) is 2.83. The fraction of sp³-hybridized carbons (Fsp3) is 0.533. The molecule has 1 aliphatic heterocycles. The van der Waals surface area contributed by atoms with Crippen molar-refractivity contribution in [2.24, 2.45) is 5.92 Å². The summed E-state index contributed by atoms with van der Waals surface area (Å²) in [7, 11) is -0.441. The molecule has 1 N–H and O–H groups in total. The molecule has 0 aliphatic carbocycles. The topological polar surface area (TPSA) is 75.7 Å². The molecule has 0 bridgehead atoms. The van der Waals surface area contributed by atoms with Crippen LogP contribution in [0.3, 0.4) is 0 Å². The highest BCUT2D eigenvalue weighted by Crippen LogP contribution is 2.27. The van der Waals surface area contributed by atoms with Crippen molar-refractivity contribution in [3.63, 3.8) is 0 Å². The minimum Gasteiger partial charge on any atom is -0.465 e. The summed E-state index contributed by atoms with van der Waals surface area (Å²) < 4.78 is 31.8. The molecule has 1 unspecified atom stereocenters. The summed E-state index contributed by atoms with van der Waals surface area (Å²) in [5.41, 5.74) is 0.723. The zero-order valence-electron chi connectivity index (χ0n) is 13.1. The average molecular weight is 326 g/mol. The molecule has 0 radical (unpaired) electrons. The summed E-state index contributed by atoms with van der Waals surface area (Å²) in [6.45, 7) is 3.45. The maximum absolute atomic E-state index is 12.8. The minimum absolute atomic E-state index is 0.181. The van der Waals surface area contributed by atoms with Crippen LogP contribution in [0.1, 0.15) is 22.3 Å². The summed E-state index contributed by atoms with van der Waals surface area (Å²) >= 11 is 0. The van der Waals surface area contributed by atoms with Gasteiger partial charge in [0, 0.05) is 13.1 Å². The Hall–Kier alpha value is -1.44. The molecule has 1 aromatic rings. The smallest absolute Gasteiger partial charge is 0.338 e. The molecule has 0 amide bonds. The van der Waals surface area contributed by atoms with Crippen molar-refractivity contribution in [1.82, 2.24) is 9.62 Å². The quantitative estimate of drug-likeness (QED) is 0.818. The van der Waals surface area contributed by atoms with E-state index in [1.165, 1.54) is 11.4 Å². The summed E-state index contributed by atoms with van der Waals surface area (Å²) in [5, 5.41) is 3.08. The van der Waals surface area contributed by atoms with Crippen LogP contribution in [-0.2, 0) is 14.8 Å². The molecule has 22 heavy (non-hydrogen) atoms. The van der Waals surface area contributed by atoms with E-state index in [0.29, 0.717) is 24.6 Å².